The summed E-state index contributed by atoms with van der Waals surface area (Å²) in [4.78, 5) is 23.9. The van der Waals surface area contributed by atoms with Crippen LogP contribution in [0.15, 0.2) is 24.3 Å². The number of halogens is 1. The fourth-order valence-corrected chi connectivity index (χ4v) is 2.26. The van der Waals surface area contributed by atoms with Gasteiger partial charge in [0.25, 0.3) is 0 Å². The lowest BCUT2D eigenvalue weighted by Crippen LogP contribution is -2.47. The van der Waals surface area contributed by atoms with Crippen molar-refractivity contribution in [1.82, 2.24) is 0 Å². The molecule has 1 aromatic rings. The van der Waals surface area contributed by atoms with E-state index in [-0.39, 0.29) is 18.6 Å². The Balaban J connectivity index is 3.44. The maximum Gasteiger partial charge on any atom is 0.328 e. The van der Waals surface area contributed by atoms with Gasteiger partial charge in [-0.25, -0.2) is 0 Å². The smallest absolute Gasteiger partial charge is 0.328 e. The highest BCUT2D eigenvalue weighted by molar-refractivity contribution is 6.30. The molecular formula is C14H17ClO5. The fraction of sp³-hybridized carbons (Fsp3) is 0.429. The van der Waals surface area contributed by atoms with E-state index >= 15 is 0 Å². The van der Waals surface area contributed by atoms with Gasteiger partial charge >= 0.3 is 11.9 Å². The highest BCUT2D eigenvalue weighted by Gasteiger charge is 2.50. The van der Waals surface area contributed by atoms with Crippen LogP contribution in [0.1, 0.15) is 25.8 Å². The molecule has 0 radical (unpaired) electrons. The first-order valence-electron chi connectivity index (χ1n) is 6.19. The number of ether oxygens (including phenoxy) is 1. The molecular weight excluding hydrogens is 284 g/mol. The van der Waals surface area contributed by atoms with Crippen LogP contribution in [-0.2, 0) is 19.7 Å². The Morgan fingerprint density at radius 2 is 2.10 bits per heavy atom. The predicted octanol–water partition coefficient (Wildman–Crippen LogP) is 2.00. The van der Waals surface area contributed by atoms with Crippen molar-refractivity contribution in [3.63, 3.8) is 0 Å². The minimum absolute atomic E-state index is 0.0498. The molecule has 0 saturated heterocycles. The molecule has 0 heterocycles. The Labute approximate surface area is 122 Å². The largest absolute Gasteiger partial charge is 0.480 e. The van der Waals surface area contributed by atoms with Crippen LogP contribution in [0.25, 0.3) is 0 Å². The molecule has 6 heteroatoms. The second kappa shape index (κ2) is 6.72. The maximum absolute atomic E-state index is 12.2. The van der Waals surface area contributed by atoms with Crippen LogP contribution in [0.5, 0.6) is 0 Å². The number of aliphatic carboxylic acids is 1. The third-order valence-electron chi connectivity index (χ3n) is 2.91. The van der Waals surface area contributed by atoms with Gasteiger partial charge < -0.3 is 14.9 Å². The molecule has 0 aromatic heterocycles. The van der Waals surface area contributed by atoms with E-state index in [2.05, 4.69) is 0 Å². The third-order valence-corrected chi connectivity index (χ3v) is 3.14. The zero-order chi connectivity index (χ0) is 15.3. The van der Waals surface area contributed by atoms with Crippen LogP contribution >= 0.6 is 11.6 Å². The number of carboxylic acid groups (broad SMARTS) is 1. The Bertz CT molecular complexity index is 500. The number of aliphatic hydroxyl groups excluding tert-OH is 1. The molecule has 110 valence electrons. The third kappa shape index (κ3) is 3.29. The molecule has 2 atom stereocenters. The lowest BCUT2D eigenvalue weighted by atomic mass is 9.76. The summed E-state index contributed by atoms with van der Waals surface area (Å²) in [5.41, 5.74) is -1.77. The number of esters is 1. The molecule has 0 aliphatic rings. The zero-order valence-corrected chi connectivity index (χ0v) is 12.1. The van der Waals surface area contributed by atoms with Crippen LogP contribution in [0.3, 0.4) is 0 Å². The molecule has 0 bridgehead atoms. The number of benzene rings is 1. The first-order valence-corrected chi connectivity index (χ1v) is 6.57. The van der Waals surface area contributed by atoms with Gasteiger partial charge in [-0.15, -0.1) is 0 Å². The van der Waals surface area contributed by atoms with E-state index in [4.69, 9.17) is 16.3 Å². The van der Waals surface area contributed by atoms with Crippen molar-refractivity contribution >= 4 is 23.5 Å². The number of hydrogen-bond donors (Lipinski definition) is 2. The molecule has 1 aromatic carbocycles. The van der Waals surface area contributed by atoms with Crippen molar-refractivity contribution in [2.24, 2.45) is 0 Å². The van der Waals surface area contributed by atoms with E-state index in [1.165, 1.54) is 19.1 Å². The number of aliphatic hydroxyl groups is 1. The topological polar surface area (TPSA) is 83.8 Å². The number of carbonyl (C=O) groups is 2. The van der Waals surface area contributed by atoms with E-state index in [1.807, 2.05) is 0 Å². The van der Waals surface area contributed by atoms with Crippen molar-refractivity contribution in [3.05, 3.63) is 34.9 Å². The van der Waals surface area contributed by atoms with E-state index < -0.39 is 23.5 Å². The average Bonchev–Trinajstić information content (AvgIpc) is 2.35. The lowest BCUT2D eigenvalue weighted by Gasteiger charge is -2.28. The van der Waals surface area contributed by atoms with Gasteiger partial charge in [0.2, 0.25) is 0 Å². The summed E-state index contributed by atoms with van der Waals surface area (Å²) >= 11 is 5.87. The van der Waals surface area contributed by atoms with E-state index in [0.717, 1.165) is 0 Å². The SMILES string of the molecule is CCOC(=O)C(CC(C)O)(C(=O)O)c1cccc(Cl)c1. The van der Waals surface area contributed by atoms with Crippen LogP contribution in [0.2, 0.25) is 5.02 Å². The van der Waals surface area contributed by atoms with Gasteiger partial charge in [-0.05, 0) is 31.5 Å². The van der Waals surface area contributed by atoms with Crippen LogP contribution in [0.4, 0.5) is 0 Å². The molecule has 0 spiro atoms. The summed E-state index contributed by atoms with van der Waals surface area (Å²) in [6.07, 6.45) is -1.28. The highest BCUT2D eigenvalue weighted by Crippen LogP contribution is 2.33. The first kappa shape index (κ1) is 16.5. The van der Waals surface area contributed by atoms with E-state index in [1.54, 1.807) is 19.1 Å². The van der Waals surface area contributed by atoms with Gasteiger partial charge in [0.15, 0.2) is 5.41 Å². The van der Waals surface area contributed by atoms with Gasteiger partial charge in [-0.3, -0.25) is 9.59 Å². The Morgan fingerprint density at radius 3 is 2.55 bits per heavy atom. The van der Waals surface area contributed by atoms with Gasteiger partial charge in [0.05, 0.1) is 12.7 Å². The van der Waals surface area contributed by atoms with Gasteiger partial charge in [-0.2, -0.15) is 0 Å². The van der Waals surface area contributed by atoms with Crippen molar-refractivity contribution in [3.8, 4) is 0 Å². The summed E-state index contributed by atoms with van der Waals surface area (Å²) in [6, 6.07) is 6.01. The molecule has 20 heavy (non-hydrogen) atoms. The van der Waals surface area contributed by atoms with Crippen molar-refractivity contribution in [2.45, 2.75) is 31.8 Å². The van der Waals surface area contributed by atoms with Crippen molar-refractivity contribution < 1.29 is 24.5 Å². The normalized spacial score (nSPS) is 15.2. The molecule has 0 aliphatic carbocycles. The Hall–Kier alpha value is -1.59. The molecule has 2 unspecified atom stereocenters. The highest BCUT2D eigenvalue weighted by atomic mass is 35.5. The number of hydrogen-bond acceptors (Lipinski definition) is 4. The molecule has 1 rings (SSSR count). The monoisotopic (exact) mass is 300 g/mol. The van der Waals surface area contributed by atoms with E-state index in [0.29, 0.717) is 5.02 Å². The standard InChI is InChI=1S/C14H17ClO5/c1-3-20-13(19)14(12(17)18,8-9(2)16)10-5-4-6-11(15)7-10/h4-7,9,16H,3,8H2,1-2H3,(H,17,18). The number of carboxylic acids is 1. The Kier molecular flexibility index (Phi) is 5.53. The molecule has 0 saturated carbocycles. The minimum Gasteiger partial charge on any atom is -0.480 e. The summed E-state index contributed by atoms with van der Waals surface area (Å²) in [5.74, 6) is -2.28. The summed E-state index contributed by atoms with van der Waals surface area (Å²) < 4.78 is 4.89. The first-order chi connectivity index (χ1) is 9.34. The van der Waals surface area contributed by atoms with Crippen LogP contribution < -0.4 is 0 Å². The summed E-state index contributed by atoms with van der Waals surface area (Å²) in [7, 11) is 0. The fourth-order valence-electron chi connectivity index (χ4n) is 2.07. The number of rotatable bonds is 6. The quantitative estimate of drug-likeness (QED) is 0.620. The van der Waals surface area contributed by atoms with Crippen LogP contribution in [0, 0.1) is 0 Å². The van der Waals surface area contributed by atoms with Gasteiger partial charge in [0, 0.05) is 11.4 Å². The molecule has 0 amide bonds. The predicted molar refractivity (Wildman–Crippen MR) is 73.7 cm³/mol. The second-order valence-electron chi connectivity index (χ2n) is 4.49. The van der Waals surface area contributed by atoms with E-state index in [9.17, 15) is 19.8 Å². The number of carbonyl (C=O) groups excluding carboxylic acids is 1. The molecule has 5 nitrogen and oxygen atoms in total. The summed E-state index contributed by atoms with van der Waals surface area (Å²) in [5, 5.41) is 19.4. The summed E-state index contributed by atoms with van der Waals surface area (Å²) in [6.45, 7) is 3.06. The van der Waals surface area contributed by atoms with Gasteiger partial charge in [-0.1, -0.05) is 23.7 Å². The molecule has 0 fully saturated rings. The van der Waals surface area contributed by atoms with Crippen molar-refractivity contribution in [1.29, 1.82) is 0 Å². The zero-order valence-electron chi connectivity index (χ0n) is 11.3. The maximum atomic E-state index is 12.2. The van der Waals surface area contributed by atoms with Gasteiger partial charge in [0.1, 0.15) is 0 Å². The van der Waals surface area contributed by atoms with Crippen LogP contribution in [-0.4, -0.2) is 34.9 Å². The average molecular weight is 301 g/mol. The molecule has 0 aliphatic heterocycles. The second-order valence-corrected chi connectivity index (χ2v) is 4.93. The molecule has 2 N–H and O–H groups in total. The van der Waals surface area contributed by atoms with Crippen molar-refractivity contribution in [2.75, 3.05) is 6.61 Å². The Morgan fingerprint density at radius 1 is 1.45 bits per heavy atom. The lowest BCUT2D eigenvalue weighted by molar-refractivity contribution is -0.163. The minimum atomic E-state index is -1.96.